The number of hydrogen-bond donors (Lipinski definition) is 2. The Morgan fingerprint density at radius 1 is 1.04 bits per heavy atom. The minimum absolute atomic E-state index is 0.207. The van der Waals surface area contributed by atoms with Crippen LogP contribution in [0, 0.1) is 5.92 Å². The van der Waals surface area contributed by atoms with Crippen LogP contribution in [0.3, 0.4) is 0 Å². The normalized spacial score (nSPS) is 12.0. The molecule has 0 spiro atoms. The van der Waals surface area contributed by atoms with Gasteiger partial charge in [-0.1, -0.05) is 32.0 Å². The van der Waals surface area contributed by atoms with Gasteiger partial charge in [-0.2, -0.15) is 0 Å². The molecule has 0 radical (unpaired) electrons. The number of aromatic nitrogens is 3. The summed E-state index contributed by atoms with van der Waals surface area (Å²) < 4.78 is 2.10. The van der Waals surface area contributed by atoms with Crippen molar-refractivity contribution in [2.75, 3.05) is 10.6 Å². The zero-order valence-corrected chi connectivity index (χ0v) is 14.3. The monoisotopic (exact) mass is 335 g/mol. The Morgan fingerprint density at radius 2 is 1.84 bits per heavy atom. The fraction of sp³-hybridized carbons (Fsp3) is 0.211. The van der Waals surface area contributed by atoms with E-state index in [1.54, 1.807) is 24.5 Å². The summed E-state index contributed by atoms with van der Waals surface area (Å²) in [7, 11) is 0. The van der Waals surface area contributed by atoms with Crippen LogP contribution < -0.4 is 10.6 Å². The van der Waals surface area contributed by atoms with Crippen LogP contribution in [0.4, 0.5) is 16.3 Å². The van der Waals surface area contributed by atoms with E-state index in [4.69, 9.17) is 0 Å². The van der Waals surface area contributed by atoms with Crippen LogP contribution in [0.1, 0.15) is 25.5 Å². The zero-order chi connectivity index (χ0) is 17.6. The van der Waals surface area contributed by atoms with Crippen LogP contribution in [0.25, 0.3) is 0 Å². The molecule has 0 aliphatic heterocycles. The predicted molar refractivity (Wildman–Crippen MR) is 98.5 cm³/mol. The maximum Gasteiger partial charge on any atom is 0.324 e. The first-order valence-corrected chi connectivity index (χ1v) is 8.20. The van der Waals surface area contributed by atoms with Crippen LogP contribution in [-0.4, -0.2) is 20.6 Å². The lowest BCUT2D eigenvalue weighted by molar-refractivity contribution is 0.262. The molecule has 2 aromatic heterocycles. The van der Waals surface area contributed by atoms with Crippen LogP contribution in [0.15, 0.2) is 67.4 Å². The summed E-state index contributed by atoms with van der Waals surface area (Å²) in [5.41, 5.74) is 1.90. The molecule has 0 aliphatic rings. The number of carbonyl (C=O) groups is 1. The minimum Gasteiger partial charge on any atom is -0.330 e. The van der Waals surface area contributed by atoms with Gasteiger partial charge in [0.25, 0.3) is 0 Å². The van der Waals surface area contributed by atoms with Gasteiger partial charge in [-0.25, -0.2) is 14.8 Å². The lowest BCUT2D eigenvalue weighted by atomic mass is 9.95. The van der Waals surface area contributed by atoms with Crippen LogP contribution in [0.5, 0.6) is 0 Å². The number of pyridine rings is 1. The number of imidazole rings is 1. The van der Waals surface area contributed by atoms with E-state index < -0.39 is 0 Å². The summed E-state index contributed by atoms with van der Waals surface area (Å²) in [6.45, 7) is 4.36. The van der Waals surface area contributed by atoms with Crippen molar-refractivity contribution in [2.24, 2.45) is 5.92 Å². The Bertz CT molecular complexity index is 798. The third-order valence-corrected chi connectivity index (χ3v) is 3.89. The van der Waals surface area contributed by atoms with E-state index in [-0.39, 0.29) is 12.1 Å². The molecule has 25 heavy (non-hydrogen) atoms. The van der Waals surface area contributed by atoms with E-state index in [2.05, 4.69) is 39.0 Å². The molecule has 0 fully saturated rings. The molecular weight excluding hydrogens is 314 g/mol. The highest BCUT2D eigenvalue weighted by atomic mass is 16.2. The first kappa shape index (κ1) is 16.7. The summed E-state index contributed by atoms with van der Waals surface area (Å²) in [5, 5.41) is 5.51. The molecule has 1 aromatic carbocycles. The van der Waals surface area contributed by atoms with Gasteiger partial charge in [-0.05, 0) is 35.7 Å². The number of amides is 2. The summed E-state index contributed by atoms with van der Waals surface area (Å²) in [6, 6.07) is 13.1. The fourth-order valence-electron chi connectivity index (χ4n) is 2.81. The number of rotatable bonds is 5. The maximum atomic E-state index is 12.0. The van der Waals surface area contributed by atoms with Crippen molar-refractivity contribution in [1.29, 1.82) is 0 Å². The molecule has 3 rings (SSSR count). The number of carbonyl (C=O) groups excluding carboxylic acids is 1. The van der Waals surface area contributed by atoms with E-state index >= 15 is 0 Å². The quantitative estimate of drug-likeness (QED) is 0.735. The minimum atomic E-state index is -0.318. The zero-order valence-electron chi connectivity index (χ0n) is 14.3. The van der Waals surface area contributed by atoms with Crippen molar-refractivity contribution in [3.8, 4) is 0 Å². The highest BCUT2D eigenvalue weighted by Gasteiger charge is 2.17. The number of nitrogens with one attached hydrogen (secondary N) is 2. The SMILES string of the molecule is CC(C)C(c1ccc(NC(=O)Nc2ccccn2)cc1)n1ccnc1. The highest BCUT2D eigenvalue weighted by molar-refractivity contribution is 5.99. The Balaban J connectivity index is 1.68. The Labute approximate surface area is 146 Å². The third-order valence-electron chi connectivity index (χ3n) is 3.89. The van der Waals surface area contributed by atoms with Crippen LogP contribution >= 0.6 is 0 Å². The van der Waals surface area contributed by atoms with Crippen molar-refractivity contribution < 1.29 is 4.79 Å². The number of benzene rings is 1. The molecule has 2 amide bonds. The van der Waals surface area contributed by atoms with Gasteiger partial charge in [0, 0.05) is 24.3 Å². The van der Waals surface area contributed by atoms with E-state index in [1.807, 2.05) is 42.9 Å². The molecule has 0 aliphatic carbocycles. The Hall–Kier alpha value is -3.15. The second kappa shape index (κ2) is 7.61. The Morgan fingerprint density at radius 3 is 2.44 bits per heavy atom. The third kappa shape index (κ3) is 4.23. The van der Waals surface area contributed by atoms with E-state index in [9.17, 15) is 4.79 Å². The second-order valence-corrected chi connectivity index (χ2v) is 6.11. The van der Waals surface area contributed by atoms with E-state index in [0.29, 0.717) is 11.7 Å². The van der Waals surface area contributed by atoms with Gasteiger partial charge >= 0.3 is 6.03 Å². The Kier molecular flexibility index (Phi) is 5.09. The smallest absolute Gasteiger partial charge is 0.324 e. The summed E-state index contributed by atoms with van der Waals surface area (Å²) in [4.78, 5) is 20.2. The summed E-state index contributed by atoms with van der Waals surface area (Å²) in [5.74, 6) is 0.928. The summed E-state index contributed by atoms with van der Waals surface area (Å²) in [6.07, 6.45) is 7.22. The van der Waals surface area contributed by atoms with E-state index in [1.165, 1.54) is 5.56 Å². The molecule has 0 bridgehead atoms. The van der Waals surface area contributed by atoms with Gasteiger partial charge in [0.1, 0.15) is 5.82 Å². The van der Waals surface area contributed by atoms with Crippen molar-refractivity contribution in [1.82, 2.24) is 14.5 Å². The summed E-state index contributed by atoms with van der Waals surface area (Å²) >= 11 is 0. The number of anilines is 2. The van der Waals surface area contributed by atoms with E-state index in [0.717, 1.165) is 5.69 Å². The topological polar surface area (TPSA) is 71.8 Å². The molecule has 1 atom stereocenters. The van der Waals surface area contributed by atoms with Crippen LogP contribution in [-0.2, 0) is 0 Å². The molecule has 2 heterocycles. The molecule has 2 N–H and O–H groups in total. The fourth-order valence-corrected chi connectivity index (χ4v) is 2.81. The van der Waals surface area contributed by atoms with Crippen molar-refractivity contribution in [3.05, 3.63) is 72.9 Å². The van der Waals surface area contributed by atoms with Crippen molar-refractivity contribution >= 4 is 17.5 Å². The first-order valence-electron chi connectivity index (χ1n) is 8.20. The molecule has 1 unspecified atom stereocenters. The van der Waals surface area contributed by atoms with Gasteiger partial charge in [0.2, 0.25) is 0 Å². The molecule has 3 aromatic rings. The lowest BCUT2D eigenvalue weighted by Crippen LogP contribution is -2.20. The molecule has 6 nitrogen and oxygen atoms in total. The molecule has 6 heteroatoms. The number of hydrogen-bond acceptors (Lipinski definition) is 3. The largest absolute Gasteiger partial charge is 0.330 e. The second-order valence-electron chi connectivity index (χ2n) is 6.11. The molecule has 128 valence electrons. The average molecular weight is 335 g/mol. The number of nitrogens with zero attached hydrogens (tertiary/aromatic N) is 3. The first-order chi connectivity index (χ1) is 12.1. The standard InChI is InChI=1S/C19H21N5O/c1-14(2)18(24-12-11-20-13-24)15-6-8-16(9-7-15)22-19(25)23-17-5-3-4-10-21-17/h3-14,18H,1-2H3,(H2,21,22,23,25). The average Bonchev–Trinajstić information content (AvgIpc) is 3.11. The van der Waals surface area contributed by atoms with Crippen molar-refractivity contribution in [3.63, 3.8) is 0 Å². The predicted octanol–water partition coefficient (Wildman–Crippen LogP) is 4.17. The molecule has 0 saturated heterocycles. The van der Waals surface area contributed by atoms with Crippen LogP contribution in [0.2, 0.25) is 0 Å². The van der Waals surface area contributed by atoms with Crippen molar-refractivity contribution in [2.45, 2.75) is 19.9 Å². The highest BCUT2D eigenvalue weighted by Crippen LogP contribution is 2.27. The maximum absolute atomic E-state index is 12.0. The van der Waals surface area contributed by atoms with Gasteiger partial charge in [-0.3, -0.25) is 5.32 Å². The van der Waals surface area contributed by atoms with Gasteiger partial charge in [0.05, 0.1) is 12.4 Å². The molecule has 0 saturated carbocycles. The molecular formula is C19H21N5O. The van der Waals surface area contributed by atoms with Gasteiger partial charge < -0.3 is 9.88 Å². The number of urea groups is 1. The lowest BCUT2D eigenvalue weighted by Gasteiger charge is -2.23. The van der Waals surface area contributed by atoms with Gasteiger partial charge in [-0.15, -0.1) is 0 Å². The van der Waals surface area contributed by atoms with Gasteiger partial charge in [0.15, 0.2) is 0 Å².